The average Bonchev–Trinajstić information content (AvgIpc) is 2.17. The van der Waals surface area contributed by atoms with E-state index in [9.17, 15) is 0 Å². The summed E-state index contributed by atoms with van der Waals surface area (Å²) in [4.78, 5) is 4.78. The summed E-state index contributed by atoms with van der Waals surface area (Å²) in [6.07, 6.45) is 6.07. The average molecular weight is 212 g/mol. The van der Waals surface area contributed by atoms with Gasteiger partial charge in [0.25, 0.3) is 0 Å². The summed E-state index contributed by atoms with van der Waals surface area (Å²) in [5.74, 6) is 0. The van der Waals surface area contributed by atoms with Gasteiger partial charge in [-0.2, -0.15) is 0 Å². The van der Waals surface area contributed by atoms with E-state index in [1.807, 2.05) is 0 Å². The zero-order valence-corrected chi connectivity index (χ0v) is 10.1. The third-order valence-corrected chi connectivity index (χ3v) is 3.55. The van der Waals surface area contributed by atoms with Crippen LogP contribution in [0, 0.1) is 0 Å². The van der Waals surface area contributed by atoms with Gasteiger partial charge in [0.1, 0.15) is 0 Å². The van der Waals surface area contributed by atoms with Crippen molar-refractivity contribution in [1.82, 2.24) is 9.80 Å². The number of hydrogen-bond donors (Lipinski definition) is 0. The van der Waals surface area contributed by atoms with Crippen LogP contribution in [0.5, 0.6) is 0 Å². The van der Waals surface area contributed by atoms with Gasteiger partial charge in [0, 0.05) is 13.1 Å². The van der Waals surface area contributed by atoms with Crippen molar-refractivity contribution < 1.29 is 4.74 Å². The predicted molar refractivity (Wildman–Crippen MR) is 62.1 cm³/mol. The maximum atomic E-state index is 6.19. The fraction of sp³-hybridized carbons (Fsp3) is 1.00. The Morgan fingerprint density at radius 2 is 1.33 bits per heavy atom. The first-order valence-corrected chi connectivity index (χ1v) is 6.26. The summed E-state index contributed by atoms with van der Waals surface area (Å²) < 4.78 is 6.19. The van der Waals surface area contributed by atoms with Gasteiger partial charge in [0.15, 0.2) is 0 Å². The van der Waals surface area contributed by atoms with Crippen LogP contribution in [0.3, 0.4) is 0 Å². The van der Waals surface area contributed by atoms with E-state index in [0.29, 0.717) is 12.2 Å². The number of rotatable bonds is 2. The second kappa shape index (κ2) is 5.28. The van der Waals surface area contributed by atoms with E-state index in [1.165, 1.54) is 38.8 Å². The van der Waals surface area contributed by atoms with E-state index < -0.39 is 0 Å². The number of nitrogens with zero attached hydrogens (tertiary/aromatic N) is 2. The summed E-state index contributed by atoms with van der Waals surface area (Å²) in [6, 6.07) is 0. The van der Waals surface area contributed by atoms with E-state index in [2.05, 4.69) is 23.9 Å². The lowest BCUT2D eigenvalue weighted by atomic mass is 10.1. The number of hydrogen-bond acceptors (Lipinski definition) is 3. The van der Waals surface area contributed by atoms with Crippen LogP contribution in [0.25, 0.3) is 0 Å². The van der Waals surface area contributed by atoms with Gasteiger partial charge >= 0.3 is 0 Å². The SMILES string of the molecule is CN1CCCC(OC2CCCN(C)C2)C1. The van der Waals surface area contributed by atoms with E-state index in [-0.39, 0.29) is 0 Å². The monoisotopic (exact) mass is 212 g/mol. The Balaban J connectivity index is 1.75. The highest BCUT2D eigenvalue weighted by molar-refractivity contribution is 4.76. The topological polar surface area (TPSA) is 15.7 Å². The summed E-state index contributed by atoms with van der Waals surface area (Å²) in [5, 5.41) is 0. The Labute approximate surface area is 93.4 Å². The molecule has 2 aliphatic rings. The normalized spacial score (nSPS) is 35.6. The van der Waals surface area contributed by atoms with E-state index >= 15 is 0 Å². The first kappa shape index (κ1) is 11.4. The quantitative estimate of drug-likeness (QED) is 0.684. The van der Waals surface area contributed by atoms with Gasteiger partial charge in [-0.15, -0.1) is 0 Å². The van der Waals surface area contributed by atoms with Crippen LogP contribution >= 0.6 is 0 Å². The smallest absolute Gasteiger partial charge is 0.0706 e. The molecule has 2 unspecified atom stereocenters. The maximum absolute atomic E-state index is 6.19. The van der Waals surface area contributed by atoms with Gasteiger partial charge in [-0.05, 0) is 52.9 Å². The van der Waals surface area contributed by atoms with Crippen LogP contribution in [0.4, 0.5) is 0 Å². The zero-order valence-electron chi connectivity index (χ0n) is 10.1. The molecule has 0 bridgehead atoms. The van der Waals surface area contributed by atoms with Crippen LogP contribution in [-0.4, -0.2) is 62.3 Å². The third-order valence-electron chi connectivity index (χ3n) is 3.55. The Bertz CT molecular complexity index is 178. The molecule has 0 saturated carbocycles. The molecule has 2 saturated heterocycles. The zero-order chi connectivity index (χ0) is 10.7. The predicted octanol–water partition coefficient (Wildman–Crippen LogP) is 1.19. The third kappa shape index (κ3) is 3.44. The van der Waals surface area contributed by atoms with Gasteiger partial charge < -0.3 is 14.5 Å². The first-order chi connectivity index (χ1) is 7.24. The molecule has 88 valence electrons. The Morgan fingerprint density at radius 3 is 1.73 bits per heavy atom. The molecule has 0 N–H and O–H groups in total. The molecule has 3 nitrogen and oxygen atoms in total. The summed E-state index contributed by atoms with van der Waals surface area (Å²) in [5.41, 5.74) is 0. The number of likely N-dealkylation sites (tertiary alicyclic amines) is 2. The van der Waals surface area contributed by atoms with Crippen molar-refractivity contribution in [1.29, 1.82) is 0 Å². The lowest BCUT2D eigenvalue weighted by Crippen LogP contribution is -2.43. The molecule has 0 aromatic carbocycles. The van der Waals surface area contributed by atoms with Crippen LogP contribution in [0.2, 0.25) is 0 Å². The van der Waals surface area contributed by atoms with Gasteiger partial charge in [0.05, 0.1) is 12.2 Å². The minimum atomic E-state index is 0.486. The van der Waals surface area contributed by atoms with Gasteiger partial charge in [-0.3, -0.25) is 0 Å². The fourth-order valence-electron chi connectivity index (χ4n) is 2.73. The molecule has 0 aromatic rings. The Morgan fingerprint density at radius 1 is 0.867 bits per heavy atom. The van der Waals surface area contributed by atoms with E-state index in [0.717, 1.165) is 13.1 Å². The minimum absolute atomic E-state index is 0.486. The van der Waals surface area contributed by atoms with Gasteiger partial charge in [-0.1, -0.05) is 0 Å². The highest BCUT2D eigenvalue weighted by Gasteiger charge is 2.24. The van der Waals surface area contributed by atoms with E-state index in [4.69, 9.17) is 4.74 Å². The highest BCUT2D eigenvalue weighted by Crippen LogP contribution is 2.18. The standard InChI is InChI=1S/C12H24N2O/c1-13-7-3-5-11(9-13)15-12-6-4-8-14(2)10-12/h11-12H,3-10H2,1-2H3. The molecule has 2 rings (SSSR count). The lowest BCUT2D eigenvalue weighted by Gasteiger charge is -2.36. The molecule has 0 spiro atoms. The van der Waals surface area contributed by atoms with Crippen molar-refractivity contribution in [3.8, 4) is 0 Å². The maximum Gasteiger partial charge on any atom is 0.0706 e. The Kier molecular flexibility index (Phi) is 4.00. The van der Waals surface area contributed by atoms with Gasteiger partial charge in [-0.25, -0.2) is 0 Å². The number of likely N-dealkylation sites (N-methyl/N-ethyl adjacent to an activating group) is 2. The molecule has 3 heteroatoms. The molecule has 0 amide bonds. The van der Waals surface area contributed by atoms with Crippen molar-refractivity contribution >= 4 is 0 Å². The molecular weight excluding hydrogens is 188 g/mol. The molecule has 2 fully saturated rings. The minimum Gasteiger partial charge on any atom is -0.372 e. The van der Waals surface area contributed by atoms with Crippen LogP contribution < -0.4 is 0 Å². The molecule has 2 heterocycles. The van der Waals surface area contributed by atoms with Crippen LogP contribution in [0.1, 0.15) is 25.7 Å². The molecule has 15 heavy (non-hydrogen) atoms. The second-order valence-electron chi connectivity index (χ2n) is 5.19. The van der Waals surface area contributed by atoms with Gasteiger partial charge in [0.2, 0.25) is 0 Å². The highest BCUT2D eigenvalue weighted by atomic mass is 16.5. The van der Waals surface area contributed by atoms with Crippen LogP contribution in [-0.2, 0) is 4.74 Å². The second-order valence-corrected chi connectivity index (χ2v) is 5.19. The summed E-state index contributed by atoms with van der Waals surface area (Å²) >= 11 is 0. The van der Waals surface area contributed by atoms with Crippen molar-refractivity contribution in [2.24, 2.45) is 0 Å². The summed E-state index contributed by atoms with van der Waals surface area (Å²) in [7, 11) is 4.39. The summed E-state index contributed by atoms with van der Waals surface area (Å²) in [6.45, 7) is 4.73. The number of piperidine rings is 2. The lowest BCUT2D eigenvalue weighted by molar-refractivity contribution is -0.0669. The molecule has 0 aromatic heterocycles. The van der Waals surface area contributed by atoms with Crippen molar-refractivity contribution in [2.75, 3.05) is 40.3 Å². The van der Waals surface area contributed by atoms with Crippen molar-refractivity contribution in [3.05, 3.63) is 0 Å². The molecule has 0 aliphatic carbocycles. The van der Waals surface area contributed by atoms with Crippen molar-refractivity contribution in [2.45, 2.75) is 37.9 Å². The fourth-order valence-corrected chi connectivity index (χ4v) is 2.73. The molecule has 0 radical (unpaired) electrons. The Hall–Kier alpha value is -0.120. The first-order valence-electron chi connectivity index (χ1n) is 6.26. The molecule has 2 aliphatic heterocycles. The molecular formula is C12H24N2O. The molecule has 2 atom stereocenters. The largest absolute Gasteiger partial charge is 0.372 e. The number of ether oxygens (including phenoxy) is 1. The van der Waals surface area contributed by atoms with Crippen molar-refractivity contribution in [3.63, 3.8) is 0 Å². The van der Waals surface area contributed by atoms with Crippen LogP contribution in [0.15, 0.2) is 0 Å². The van der Waals surface area contributed by atoms with E-state index in [1.54, 1.807) is 0 Å².